The van der Waals surface area contributed by atoms with Crippen LogP contribution in [-0.4, -0.2) is 10.9 Å². The van der Waals surface area contributed by atoms with Gasteiger partial charge in [-0.2, -0.15) is 13.2 Å². The van der Waals surface area contributed by atoms with Crippen molar-refractivity contribution in [1.29, 1.82) is 0 Å². The Balaban J connectivity index is 2.20. The predicted molar refractivity (Wildman–Crippen MR) is 88.1 cm³/mol. The lowest BCUT2D eigenvalue weighted by Gasteiger charge is -2.14. The molecule has 0 saturated heterocycles. The molecule has 2 aromatic rings. The molecular formula is C17H18F4N2OS. The van der Waals surface area contributed by atoms with E-state index in [1.165, 1.54) is 11.3 Å². The van der Waals surface area contributed by atoms with Crippen molar-refractivity contribution in [2.75, 3.05) is 0 Å². The highest BCUT2D eigenvalue weighted by atomic mass is 32.1. The fourth-order valence-electron chi connectivity index (χ4n) is 2.15. The summed E-state index contributed by atoms with van der Waals surface area (Å²) in [5.41, 5.74) is -0.985. The van der Waals surface area contributed by atoms with Crippen molar-refractivity contribution in [1.82, 2.24) is 10.3 Å². The molecule has 0 fully saturated rings. The number of aryl methyl sites for hydroxylation is 1. The van der Waals surface area contributed by atoms with E-state index in [1.807, 2.05) is 20.8 Å². The highest BCUT2D eigenvalue weighted by Crippen LogP contribution is 2.33. The fraction of sp³-hybridized carbons (Fsp3) is 0.412. The summed E-state index contributed by atoms with van der Waals surface area (Å²) >= 11 is 1.22. The third-order valence-corrected chi connectivity index (χ3v) is 5.04. The van der Waals surface area contributed by atoms with Gasteiger partial charge in [0.25, 0.3) is 5.91 Å². The molecule has 0 atom stereocenters. The van der Waals surface area contributed by atoms with Crippen molar-refractivity contribution >= 4 is 17.2 Å². The zero-order valence-electron chi connectivity index (χ0n) is 14.2. The topological polar surface area (TPSA) is 42.0 Å². The monoisotopic (exact) mass is 374 g/mol. The van der Waals surface area contributed by atoms with Crippen molar-refractivity contribution in [3.05, 3.63) is 50.7 Å². The van der Waals surface area contributed by atoms with Crippen LogP contribution < -0.4 is 5.32 Å². The molecule has 0 radical (unpaired) electrons. The predicted octanol–water partition coefficient (Wildman–Crippen LogP) is 4.84. The van der Waals surface area contributed by atoms with Gasteiger partial charge in [0.1, 0.15) is 10.7 Å². The second-order valence-corrected chi connectivity index (χ2v) is 7.66. The highest BCUT2D eigenvalue weighted by Gasteiger charge is 2.34. The number of benzene rings is 1. The zero-order chi connectivity index (χ0) is 19.0. The number of thiazole rings is 1. The standard InChI is InChI=1S/C17H18F4N2OS/c1-9-13(25-15(23-9)16(2,3)4)14(24)22-8-10-5-6-11(18)7-12(10)17(19,20)21/h5-7H,8H2,1-4H3,(H,22,24). The van der Waals surface area contributed by atoms with Gasteiger partial charge in [0.2, 0.25) is 0 Å². The maximum atomic E-state index is 13.1. The summed E-state index contributed by atoms with van der Waals surface area (Å²) in [6.07, 6.45) is -4.69. The van der Waals surface area contributed by atoms with Gasteiger partial charge in [-0.25, -0.2) is 9.37 Å². The van der Waals surface area contributed by atoms with E-state index in [0.717, 1.165) is 17.1 Å². The van der Waals surface area contributed by atoms with Crippen LogP contribution in [0.2, 0.25) is 0 Å². The van der Waals surface area contributed by atoms with E-state index in [4.69, 9.17) is 0 Å². The Morgan fingerprint density at radius 2 is 1.88 bits per heavy atom. The first kappa shape index (κ1) is 19.4. The van der Waals surface area contributed by atoms with Crippen LogP contribution in [0.3, 0.4) is 0 Å². The molecule has 0 unspecified atom stereocenters. The van der Waals surface area contributed by atoms with E-state index >= 15 is 0 Å². The van der Waals surface area contributed by atoms with Crippen LogP contribution in [0.1, 0.15) is 52.3 Å². The summed E-state index contributed by atoms with van der Waals surface area (Å²) in [5, 5.41) is 3.23. The number of nitrogens with zero attached hydrogens (tertiary/aromatic N) is 1. The van der Waals surface area contributed by atoms with Gasteiger partial charge in [-0.15, -0.1) is 11.3 Å². The first-order chi connectivity index (χ1) is 11.4. The van der Waals surface area contributed by atoms with Crippen molar-refractivity contribution in [3.63, 3.8) is 0 Å². The smallest absolute Gasteiger partial charge is 0.347 e. The molecule has 1 heterocycles. The first-order valence-electron chi connectivity index (χ1n) is 7.51. The number of halogens is 4. The number of nitrogens with one attached hydrogen (secondary N) is 1. The van der Waals surface area contributed by atoms with E-state index in [9.17, 15) is 22.4 Å². The Labute approximate surface area is 147 Å². The number of hydrogen-bond acceptors (Lipinski definition) is 3. The molecule has 0 spiro atoms. The maximum absolute atomic E-state index is 13.1. The van der Waals surface area contributed by atoms with Crippen LogP contribution in [0.25, 0.3) is 0 Å². The van der Waals surface area contributed by atoms with Crippen LogP contribution in [0.15, 0.2) is 18.2 Å². The van der Waals surface area contributed by atoms with E-state index < -0.39 is 23.5 Å². The van der Waals surface area contributed by atoms with Crippen molar-refractivity contribution in [2.45, 2.75) is 45.8 Å². The summed E-state index contributed by atoms with van der Waals surface area (Å²) < 4.78 is 52.1. The molecule has 136 valence electrons. The second kappa shape index (κ2) is 6.74. The average molecular weight is 374 g/mol. The van der Waals surface area contributed by atoms with Gasteiger partial charge >= 0.3 is 6.18 Å². The molecule has 0 aliphatic heterocycles. The molecule has 1 N–H and O–H groups in total. The molecule has 1 amide bonds. The van der Waals surface area contributed by atoms with Gasteiger partial charge in [-0.1, -0.05) is 26.8 Å². The van der Waals surface area contributed by atoms with Gasteiger partial charge in [0.15, 0.2) is 0 Å². The van der Waals surface area contributed by atoms with Crippen molar-refractivity contribution < 1.29 is 22.4 Å². The highest BCUT2D eigenvalue weighted by molar-refractivity contribution is 7.14. The molecule has 1 aromatic heterocycles. The lowest BCUT2D eigenvalue weighted by atomic mass is 9.98. The van der Waals surface area contributed by atoms with E-state index in [-0.39, 0.29) is 17.5 Å². The summed E-state index contributed by atoms with van der Waals surface area (Å²) in [5.74, 6) is -1.47. The SMILES string of the molecule is Cc1nc(C(C)(C)C)sc1C(=O)NCc1ccc(F)cc1C(F)(F)F. The lowest BCUT2D eigenvalue weighted by Crippen LogP contribution is -2.24. The van der Waals surface area contributed by atoms with Gasteiger partial charge in [0, 0.05) is 12.0 Å². The Hall–Kier alpha value is -1.96. The van der Waals surface area contributed by atoms with Crippen LogP contribution in [-0.2, 0) is 18.1 Å². The third kappa shape index (κ3) is 4.56. The van der Waals surface area contributed by atoms with Gasteiger partial charge in [-0.3, -0.25) is 4.79 Å². The number of aromatic nitrogens is 1. The number of alkyl halides is 3. The van der Waals surface area contributed by atoms with E-state index in [1.54, 1.807) is 6.92 Å². The van der Waals surface area contributed by atoms with Crippen LogP contribution >= 0.6 is 11.3 Å². The van der Waals surface area contributed by atoms with Crippen molar-refractivity contribution in [3.8, 4) is 0 Å². The van der Waals surface area contributed by atoms with Crippen LogP contribution in [0.4, 0.5) is 17.6 Å². The van der Waals surface area contributed by atoms with Gasteiger partial charge in [0.05, 0.1) is 16.3 Å². The molecule has 0 saturated carbocycles. The number of carbonyl (C=O) groups excluding carboxylic acids is 1. The quantitative estimate of drug-likeness (QED) is 0.782. The van der Waals surface area contributed by atoms with Crippen molar-refractivity contribution in [2.24, 2.45) is 0 Å². The van der Waals surface area contributed by atoms with E-state index in [0.29, 0.717) is 16.6 Å². The molecule has 8 heteroatoms. The molecular weight excluding hydrogens is 356 g/mol. The molecule has 0 aliphatic rings. The Bertz CT molecular complexity index is 791. The Morgan fingerprint density at radius 3 is 2.40 bits per heavy atom. The molecule has 25 heavy (non-hydrogen) atoms. The largest absolute Gasteiger partial charge is 0.416 e. The minimum Gasteiger partial charge on any atom is -0.347 e. The number of carbonyl (C=O) groups is 1. The van der Waals surface area contributed by atoms with Gasteiger partial charge in [-0.05, 0) is 24.6 Å². The van der Waals surface area contributed by atoms with Crippen LogP contribution in [0.5, 0.6) is 0 Å². The van der Waals surface area contributed by atoms with Crippen LogP contribution in [0, 0.1) is 12.7 Å². The number of hydrogen-bond donors (Lipinski definition) is 1. The minimum absolute atomic E-state index is 0.194. The fourth-order valence-corrected chi connectivity index (χ4v) is 3.19. The lowest BCUT2D eigenvalue weighted by molar-refractivity contribution is -0.138. The Morgan fingerprint density at radius 1 is 1.24 bits per heavy atom. The summed E-state index contributed by atoms with van der Waals surface area (Å²) in [4.78, 5) is 17.0. The molecule has 2 rings (SSSR count). The summed E-state index contributed by atoms with van der Waals surface area (Å²) in [6.45, 7) is 7.21. The molecule has 1 aromatic carbocycles. The normalized spacial score (nSPS) is 12.3. The number of rotatable bonds is 3. The third-order valence-electron chi connectivity index (χ3n) is 3.46. The zero-order valence-corrected chi connectivity index (χ0v) is 15.0. The molecule has 0 aliphatic carbocycles. The number of amides is 1. The Kier molecular flexibility index (Phi) is 5.22. The van der Waals surface area contributed by atoms with Gasteiger partial charge < -0.3 is 5.32 Å². The summed E-state index contributed by atoms with van der Waals surface area (Å²) in [6, 6.07) is 2.39. The first-order valence-corrected chi connectivity index (χ1v) is 8.33. The van der Waals surface area contributed by atoms with E-state index in [2.05, 4.69) is 10.3 Å². The molecule has 3 nitrogen and oxygen atoms in total. The minimum atomic E-state index is -4.69. The summed E-state index contributed by atoms with van der Waals surface area (Å²) in [7, 11) is 0. The average Bonchev–Trinajstić information content (AvgIpc) is 2.87. The second-order valence-electron chi connectivity index (χ2n) is 6.67. The maximum Gasteiger partial charge on any atom is 0.416 e. The molecule has 0 bridgehead atoms.